The Morgan fingerprint density at radius 1 is 1.24 bits per heavy atom. The fourth-order valence-corrected chi connectivity index (χ4v) is 3.41. The van der Waals surface area contributed by atoms with Crippen molar-refractivity contribution in [3.63, 3.8) is 0 Å². The van der Waals surface area contributed by atoms with Crippen molar-refractivity contribution in [1.82, 2.24) is 9.97 Å². The molecule has 0 bridgehead atoms. The number of nitrogens with zero attached hydrogens (tertiary/aromatic N) is 2. The number of hydrogen-bond donors (Lipinski definition) is 2. The molecule has 1 amide bonds. The molecule has 6 nitrogen and oxygen atoms in total. The molecular weight excluding hydrogens is 378 g/mol. The maximum absolute atomic E-state index is 14.8. The van der Waals surface area contributed by atoms with Crippen LogP contribution in [0.3, 0.4) is 0 Å². The van der Waals surface area contributed by atoms with Crippen LogP contribution in [0.25, 0.3) is 11.1 Å². The van der Waals surface area contributed by atoms with Gasteiger partial charge in [0.05, 0.1) is 0 Å². The summed E-state index contributed by atoms with van der Waals surface area (Å²) in [6.07, 6.45) is 5.28. The van der Waals surface area contributed by atoms with E-state index in [2.05, 4.69) is 15.3 Å². The Labute approximate surface area is 165 Å². The number of ether oxygens (including phenoxy) is 1. The number of carbonyl (C=O) groups is 1. The Morgan fingerprint density at radius 2 is 2.10 bits per heavy atom. The first-order valence-corrected chi connectivity index (χ1v) is 9.05. The molecule has 3 heterocycles. The Balaban J connectivity index is 1.63. The fraction of sp³-hybridized carbons (Fsp3) is 0.190. The number of carbonyl (C=O) groups excluding carboxylic acids is 1. The largest absolute Gasteiger partial charge is 0.481 e. The number of hydrogen-bond acceptors (Lipinski definition) is 5. The molecule has 0 fully saturated rings. The summed E-state index contributed by atoms with van der Waals surface area (Å²) >= 11 is 0. The van der Waals surface area contributed by atoms with Gasteiger partial charge in [-0.3, -0.25) is 9.78 Å². The van der Waals surface area contributed by atoms with Crippen LogP contribution >= 0.6 is 0 Å². The zero-order chi connectivity index (χ0) is 20.4. The van der Waals surface area contributed by atoms with Crippen LogP contribution in [0.4, 0.5) is 14.6 Å². The summed E-state index contributed by atoms with van der Waals surface area (Å²) < 4.78 is 34.2. The van der Waals surface area contributed by atoms with Crippen molar-refractivity contribution in [3.8, 4) is 16.9 Å². The second kappa shape index (κ2) is 7.83. The third kappa shape index (κ3) is 3.87. The molecule has 1 aliphatic rings. The van der Waals surface area contributed by atoms with Crippen LogP contribution in [-0.4, -0.2) is 29.0 Å². The van der Waals surface area contributed by atoms with Gasteiger partial charge in [0.25, 0.3) is 5.91 Å². The SMILES string of the molecule is NC(=O)COc1ccc(F)c(CC2CNc3ncc(-c4cccnc4)cc32)c1F. The molecule has 0 radical (unpaired) electrons. The number of primary amides is 1. The van der Waals surface area contributed by atoms with Gasteiger partial charge >= 0.3 is 0 Å². The number of nitrogens with two attached hydrogens (primary N) is 1. The van der Waals surface area contributed by atoms with Gasteiger partial charge in [-0.25, -0.2) is 13.8 Å². The molecule has 0 saturated carbocycles. The molecule has 1 aromatic carbocycles. The standard InChI is InChI=1S/C21H18F2N4O2/c22-17-3-4-18(29-11-19(24)28)20(23)16(17)7-14-10-27-21-15(14)6-13(9-26-21)12-2-1-5-25-8-12/h1-6,8-9,14H,7,10-11H2,(H2,24,28)(H,26,27). The molecule has 1 aliphatic heterocycles. The van der Waals surface area contributed by atoms with E-state index in [9.17, 15) is 13.6 Å². The van der Waals surface area contributed by atoms with E-state index in [1.807, 2.05) is 18.2 Å². The van der Waals surface area contributed by atoms with E-state index in [0.717, 1.165) is 28.8 Å². The first kappa shape index (κ1) is 18.8. The minimum atomic E-state index is -0.823. The highest BCUT2D eigenvalue weighted by atomic mass is 19.1. The molecule has 3 N–H and O–H groups in total. The quantitative estimate of drug-likeness (QED) is 0.668. The van der Waals surface area contributed by atoms with Crippen molar-refractivity contribution in [2.24, 2.45) is 5.73 Å². The van der Waals surface area contributed by atoms with Crippen LogP contribution < -0.4 is 15.8 Å². The van der Waals surface area contributed by atoms with E-state index in [1.54, 1.807) is 18.6 Å². The van der Waals surface area contributed by atoms with Gasteiger partial charge in [-0.1, -0.05) is 6.07 Å². The van der Waals surface area contributed by atoms with Crippen molar-refractivity contribution in [1.29, 1.82) is 0 Å². The fourth-order valence-electron chi connectivity index (χ4n) is 3.41. The van der Waals surface area contributed by atoms with Crippen molar-refractivity contribution >= 4 is 11.7 Å². The maximum atomic E-state index is 14.8. The zero-order valence-corrected chi connectivity index (χ0v) is 15.4. The van der Waals surface area contributed by atoms with Gasteiger partial charge in [-0.2, -0.15) is 0 Å². The Bertz CT molecular complexity index is 1060. The Kier molecular flexibility index (Phi) is 5.07. The molecule has 4 rings (SSSR count). The van der Waals surface area contributed by atoms with E-state index in [1.165, 1.54) is 0 Å². The molecule has 0 saturated heterocycles. The van der Waals surface area contributed by atoms with Crippen LogP contribution in [0.5, 0.6) is 5.75 Å². The van der Waals surface area contributed by atoms with Crippen molar-refractivity contribution in [2.75, 3.05) is 18.5 Å². The van der Waals surface area contributed by atoms with Crippen LogP contribution in [0.15, 0.2) is 48.9 Å². The van der Waals surface area contributed by atoms with E-state index in [-0.39, 0.29) is 23.7 Å². The summed E-state index contributed by atoms with van der Waals surface area (Å²) in [5, 5.41) is 3.18. The summed E-state index contributed by atoms with van der Waals surface area (Å²) in [7, 11) is 0. The number of pyridine rings is 2. The van der Waals surface area contributed by atoms with Crippen molar-refractivity contribution in [3.05, 3.63) is 71.7 Å². The molecule has 29 heavy (non-hydrogen) atoms. The number of anilines is 1. The number of benzene rings is 1. The van der Waals surface area contributed by atoms with E-state index < -0.39 is 24.1 Å². The van der Waals surface area contributed by atoms with Crippen molar-refractivity contribution in [2.45, 2.75) is 12.3 Å². The summed E-state index contributed by atoms with van der Waals surface area (Å²) in [6.45, 7) is 0.0261. The highest BCUT2D eigenvalue weighted by molar-refractivity contribution is 5.75. The second-order valence-corrected chi connectivity index (χ2v) is 6.78. The van der Waals surface area contributed by atoms with E-state index in [0.29, 0.717) is 12.4 Å². The van der Waals surface area contributed by atoms with Crippen LogP contribution in [0.1, 0.15) is 17.0 Å². The molecule has 148 valence electrons. The average molecular weight is 396 g/mol. The predicted octanol–water partition coefficient (Wildman–Crippen LogP) is 3.04. The number of amides is 1. The molecule has 1 atom stereocenters. The third-order valence-corrected chi connectivity index (χ3v) is 4.84. The first-order chi connectivity index (χ1) is 14.0. The normalized spacial score (nSPS) is 14.9. The summed E-state index contributed by atoms with van der Waals surface area (Å²) in [4.78, 5) is 19.4. The molecule has 8 heteroatoms. The van der Waals surface area contributed by atoms with Gasteiger partial charge in [0.2, 0.25) is 0 Å². The van der Waals surface area contributed by atoms with Gasteiger partial charge < -0.3 is 15.8 Å². The molecule has 3 aromatic rings. The smallest absolute Gasteiger partial charge is 0.255 e. The van der Waals surface area contributed by atoms with Gasteiger partial charge in [-0.15, -0.1) is 0 Å². The van der Waals surface area contributed by atoms with Crippen LogP contribution in [0.2, 0.25) is 0 Å². The topological polar surface area (TPSA) is 90.1 Å². The number of nitrogens with one attached hydrogen (secondary N) is 1. The molecule has 2 aromatic heterocycles. The lowest BCUT2D eigenvalue weighted by molar-refractivity contribution is -0.120. The van der Waals surface area contributed by atoms with E-state index >= 15 is 0 Å². The lowest BCUT2D eigenvalue weighted by Gasteiger charge is -2.14. The van der Waals surface area contributed by atoms with Gasteiger partial charge in [0, 0.05) is 53.3 Å². The van der Waals surface area contributed by atoms with Gasteiger partial charge in [0.15, 0.2) is 18.2 Å². The molecule has 0 aliphatic carbocycles. The minimum Gasteiger partial charge on any atom is -0.481 e. The molecule has 0 spiro atoms. The van der Waals surface area contributed by atoms with E-state index in [4.69, 9.17) is 10.5 Å². The maximum Gasteiger partial charge on any atom is 0.255 e. The minimum absolute atomic E-state index is 0.0987. The molecule has 1 unspecified atom stereocenters. The van der Waals surface area contributed by atoms with Crippen LogP contribution in [-0.2, 0) is 11.2 Å². The Morgan fingerprint density at radius 3 is 2.86 bits per heavy atom. The lowest BCUT2D eigenvalue weighted by Crippen LogP contribution is -2.20. The van der Waals surface area contributed by atoms with Gasteiger partial charge in [-0.05, 0) is 30.7 Å². The second-order valence-electron chi connectivity index (χ2n) is 6.78. The highest BCUT2D eigenvalue weighted by Gasteiger charge is 2.27. The number of halogens is 2. The van der Waals surface area contributed by atoms with Crippen LogP contribution in [0, 0.1) is 11.6 Å². The number of rotatable bonds is 6. The number of aromatic nitrogens is 2. The Hall–Kier alpha value is -3.55. The highest BCUT2D eigenvalue weighted by Crippen LogP contribution is 2.36. The third-order valence-electron chi connectivity index (χ3n) is 4.84. The monoisotopic (exact) mass is 396 g/mol. The first-order valence-electron chi connectivity index (χ1n) is 9.05. The number of fused-ring (bicyclic) bond motifs is 1. The summed E-state index contributed by atoms with van der Waals surface area (Å²) in [6, 6.07) is 8.00. The van der Waals surface area contributed by atoms with Crippen molar-refractivity contribution < 1.29 is 18.3 Å². The average Bonchev–Trinajstić information content (AvgIpc) is 3.13. The molecular formula is C21H18F2N4O2. The lowest BCUT2D eigenvalue weighted by atomic mass is 9.92. The zero-order valence-electron chi connectivity index (χ0n) is 15.4. The predicted molar refractivity (Wildman–Crippen MR) is 103 cm³/mol. The summed E-state index contributed by atoms with van der Waals surface area (Å²) in [5.41, 5.74) is 7.60. The van der Waals surface area contributed by atoms with Gasteiger partial charge in [0.1, 0.15) is 11.6 Å². The summed E-state index contributed by atoms with van der Waals surface area (Å²) in [5.74, 6) is -1.91.